The first-order chi connectivity index (χ1) is 12.8. The fourth-order valence-electron chi connectivity index (χ4n) is 4.10. The third kappa shape index (κ3) is 3.84. The molecule has 2 aromatic rings. The molecule has 1 aliphatic carbocycles. The minimum atomic E-state index is 0.137. The van der Waals surface area contributed by atoms with Crippen LogP contribution in [0, 0.1) is 19.8 Å². The van der Waals surface area contributed by atoms with Crippen LogP contribution in [-0.2, 0) is 17.3 Å². The summed E-state index contributed by atoms with van der Waals surface area (Å²) in [4.78, 5) is 0. The van der Waals surface area contributed by atoms with Crippen molar-refractivity contribution >= 4 is 6.08 Å². The summed E-state index contributed by atoms with van der Waals surface area (Å²) in [6.07, 6.45) is 3.58. The van der Waals surface area contributed by atoms with Crippen molar-refractivity contribution in [2.45, 2.75) is 86.5 Å². The highest BCUT2D eigenvalue weighted by molar-refractivity contribution is 5.83. The van der Waals surface area contributed by atoms with Gasteiger partial charge in [0.2, 0.25) is 0 Å². The molecule has 0 saturated heterocycles. The molecule has 1 aliphatic rings. The van der Waals surface area contributed by atoms with Gasteiger partial charge >= 0.3 is 0 Å². The Kier molecular flexibility index (Phi) is 5.15. The minimum Gasteiger partial charge on any atom is -0.0626 e. The van der Waals surface area contributed by atoms with Gasteiger partial charge in [0.15, 0.2) is 0 Å². The van der Waals surface area contributed by atoms with Gasteiger partial charge in [-0.25, -0.2) is 0 Å². The fraction of sp³-hybridized carbons (Fsp3) is 0.500. The van der Waals surface area contributed by atoms with Crippen LogP contribution in [0.1, 0.15) is 88.8 Å². The van der Waals surface area contributed by atoms with Crippen LogP contribution in [-0.4, -0.2) is 0 Å². The molecule has 0 fully saturated rings. The molecule has 28 heavy (non-hydrogen) atoms. The molecule has 0 aliphatic heterocycles. The van der Waals surface area contributed by atoms with Gasteiger partial charge in [-0.3, -0.25) is 0 Å². The summed E-state index contributed by atoms with van der Waals surface area (Å²) in [7, 11) is 0. The maximum Gasteiger partial charge on any atom is -0.00523 e. The Bertz CT molecular complexity index is 905. The van der Waals surface area contributed by atoms with Gasteiger partial charge in [-0.2, -0.15) is 0 Å². The second kappa shape index (κ2) is 6.90. The van der Waals surface area contributed by atoms with Crippen molar-refractivity contribution in [3.63, 3.8) is 0 Å². The lowest BCUT2D eigenvalue weighted by atomic mass is 9.78. The number of benzene rings is 2. The number of fused-ring (bicyclic) bond motifs is 1. The highest BCUT2D eigenvalue weighted by Gasteiger charge is 2.25. The Morgan fingerprint density at radius 2 is 1.32 bits per heavy atom. The second-order valence-corrected chi connectivity index (χ2v) is 11.1. The lowest BCUT2D eigenvalue weighted by molar-refractivity contribution is 0.569. The number of rotatable bonds is 2. The van der Waals surface area contributed by atoms with Crippen molar-refractivity contribution in [3.8, 4) is 11.1 Å². The summed E-state index contributed by atoms with van der Waals surface area (Å²) >= 11 is 0. The molecule has 3 rings (SSSR count). The van der Waals surface area contributed by atoms with E-state index in [9.17, 15) is 0 Å². The Hall–Kier alpha value is -1.82. The van der Waals surface area contributed by atoms with E-state index < -0.39 is 0 Å². The first-order valence-electron chi connectivity index (χ1n) is 10.8. The van der Waals surface area contributed by atoms with Crippen molar-refractivity contribution in [1.29, 1.82) is 0 Å². The average molecular weight is 375 g/mol. The maximum absolute atomic E-state index is 2.47. The summed E-state index contributed by atoms with van der Waals surface area (Å²) in [6.45, 7) is 23.1. The van der Waals surface area contributed by atoms with Crippen LogP contribution in [0.4, 0.5) is 0 Å². The van der Waals surface area contributed by atoms with Crippen molar-refractivity contribution in [2.75, 3.05) is 0 Å². The van der Waals surface area contributed by atoms with Crippen molar-refractivity contribution in [2.24, 2.45) is 5.92 Å². The van der Waals surface area contributed by atoms with Crippen LogP contribution in [0.5, 0.6) is 0 Å². The second-order valence-electron chi connectivity index (χ2n) is 11.1. The topological polar surface area (TPSA) is 0 Å². The summed E-state index contributed by atoms with van der Waals surface area (Å²) < 4.78 is 0. The Morgan fingerprint density at radius 1 is 0.786 bits per heavy atom. The molecule has 0 atom stereocenters. The van der Waals surface area contributed by atoms with E-state index in [4.69, 9.17) is 0 Å². The highest BCUT2D eigenvalue weighted by Crippen LogP contribution is 2.41. The highest BCUT2D eigenvalue weighted by atomic mass is 14.3. The molecule has 2 aromatic carbocycles. The van der Waals surface area contributed by atoms with E-state index >= 15 is 0 Å². The van der Waals surface area contributed by atoms with Crippen molar-refractivity contribution in [3.05, 3.63) is 63.2 Å². The molecule has 0 aromatic heterocycles. The van der Waals surface area contributed by atoms with Crippen LogP contribution in [0.3, 0.4) is 0 Å². The molecular weight excluding hydrogens is 336 g/mol. The van der Waals surface area contributed by atoms with Crippen LogP contribution in [0.25, 0.3) is 17.2 Å². The molecule has 0 saturated carbocycles. The zero-order valence-electron chi connectivity index (χ0n) is 19.7. The molecule has 0 radical (unpaired) electrons. The quantitative estimate of drug-likeness (QED) is 0.497. The third-order valence-corrected chi connectivity index (χ3v) is 6.45. The summed E-state index contributed by atoms with van der Waals surface area (Å²) in [6, 6.07) is 9.70. The molecule has 0 nitrogen and oxygen atoms in total. The van der Waals surface area contributed by atoms with E-state index in [0.29, 0.717) is 5.92 Å². The smallest absolute Gasteiger partial charge is 0.00523 e. The van der Waals surface area contributed by atoms with Gasteiger partial charge in [0.1, 0.15) is 0 Å². The van der Waals surface area contributed by atoms with Crippen LogP contribution >= 0.6 is 0 Å². The Morgan fingerprint density at radius 3 is 1.79 bits per heavy atom. The summed E-state index contributed by atoms with van der Waals surface area (Å²) in [5.41, 5.74) is 13.3. The standard InChI is InChI=1S/C28H38/c1-17(2)20-14-24-19(4)18(3)11-25(26(24)15-20)21-12-22(27(5,6)7)16-23(13-21)28(8,9)10/h11-13,15-17H,14H2,1-10H3. The Labute approximate surface area is 173 Å². The Balaban J connectivity index is 2.31. The van der Waals surface area contributed by atoms with E-state index in [1.807, 2.05) is 0 Å². The average Bonchev–Trinajstić information content (AvgIpc) is 3.02. The van der Waals surface area contributed by atoms with Gasteiger partial charge in [-0.05, 0) is 81.5 Å². The molecule has 150 valence electrons. The van der Waals surface area contributed by atoms with E-state index in [1.54, 1.807) is 5.57 Å². The zero-order chi connectivity index (χ0) is 21.0. The maximum atomic E-state index is 2.47. The van der Waals surface area contributed by atoms with Crippen molar-refractivity contribution in [1.82, 2.24) is 0 Å². The van der Waals surface area contributed by atoms with Gasteiger partial charge in [0.25, 0.3) is 0 Å². The van der Waals surface area contributed by atoms with Gasteiger partial charge in [-0.15, -0.1) is 0 Å². The molecule has 0 heterocycles. The van der Waals surface area contributed by atoms with Crippen LogP contribution in [0.15, 0.2) is 29.8 Å². The van der Waals surface area contributed by atoms with E-state index in [1.165, 1.54) is 44.5 Å². The van der Waals surface area contributed by atoms with Gasteiger partial charge in [-0.1, -0.05) is 91.3 Å². The lowest BCUT2D eigenvalue weighted by Gasteiger charge is -2.27. The number of aryl methyl sites for hydroxylation is 1. The number of hydrogen-bond donors (Lipinski definition) is 0. The molecule has 0 unspecified atom stereocenters. The monoisotopic (exact) mass is 374 g/mol. The largest absolute Gasteiger partial charge is 0.0626 e. The molecule has 0 heteroatoms. The first-order valence-corrected chi connectivity index (χ1v) is 10.8. The molecular formula is C28H38. The normalized spacial score (nSPS) is 14.5. The first kappa shape index (κ1) is 20.9. The fourth-order valence-corrected chi connectivity index (χ4v) is 4.10. The van der Waals surface area contributed by atoms with E-state index in [2.05, 4.69) is 99.6 Å². The predicted molar refractivity (Wildman–Crippen MR) is 125 cm³/mol. The number of allylic oxidation sites excluding steroid dienone is 1. The van der Waals surface area contributed by atoms with Gasteiger partial charge in [0.05, 0.1) is 0 Å². The summed E-state index contributed by atoms with van der Waals surface area (Å²) in [5.74, 6) is 0.603. The molecule has 0 N–H and O–H groups in total. The SMILES string of the molecule is Cc1cc(-c2cc(C(C)(C)C)cc(C(C)(C)C)c2)c2c(c1C)CC(C(C)C)=C2. The lowest BCUT2D eigenvalue weighted by Crippen LogP contribution is -2.16. The van der Waals surface area contributed by atoms with E-state index in [-0.39, 0.29) is 10.8 Å². The van der Waals surface area contributed by atoms with E-state index in [0.717, 1.165) is 6.42 Å². The van der Waals surface area contributed by atoms with Crippen LogP contribution < -0.4 is 0 Å². The third-order valence-electron chi connectivity index (χ3n) is 6.45. The van der Waals surface area contributed by atoms with Crippen molar-refractivity contribution < 1.29 is 0 Å². The van der Waals surface area contributed by atoms with Gasteiger partial charge < -0.3 is 0 Å². The predicted octanol–water partition coefficient (Wildman–Crippen LogP) is 8.16. The van der Waals surface area contributed by atoms with Gasteiger partial charge in [0, 0.05) is 0 Å². The zero-order valence-corrected chi connectivity index (χ0v) is 19.7. The molecule has 0 bridgehead atoms. The minimum absolute atomic E-state index is 0.137. The van der Waals surface area contributed by atoms with Crippen LogP contribution in [0.2, 0.25) is 0 Å². The summed E-state index contributed by atoms with van der Waals surface area (Å²) in [5, 5.41) is 0. The molecule has 0 amide bonds. The number of hydrogen-bond acceptors (Lipinski definition) is 0. The molecule has 0 spiro atoms.